The van der Waals surface area contributed by atoms with E-state index < -0.39 is 23.6 Å². The molecule has 8 rings (SSSR count). The maximum Gasteiger partial charge on any atom is 0.336 e. The zero-order valence-corrected chi connectivity index (χ0v) is 30.4. The monoisotopic (exact) mass is 742 g/mol. The SMILES string of the molecule is CN1CCc2cc(F)c(OC(=O)/C=C\C(=O)Oc3cc4c(cc3F)CCN(C)C4C3(c4ccccc4Cl)CC3)cc2C1C1(c2ccccc2Cl)CC1. The first-order chi connectivity index (χ1) is 25.0. The van der Waals surface area contributed by atoms with Crippen LogP contribution in [-0.4, -0.2) is 48.9 Å². The van der Waals surface area contributed by atoms with Gasteiger partial charge >= 0.3 is 11.9 Å². The van der Waals surface area contributed by atoms with Crippen molar-refractivity contribution in [3.05, 3.63) is 140 Å². The molecular weight excluding hydrogens is 705 g/mol. The number of carbonyl (C=O) groups is 2. The molecule has 2 unspecified atom stereocenters. The number of hydrogen-bond donors (Lipinski definition) is 0. The van der Waals surface area contributed by atoms with E-state index in [1.165, 1.54) is 12.1 Å². The van der Waals surface area contributed by atoms with Gasteiger partial charge in [0.1, 0.15) is 0 Å². The van der Waals surface area contributed by atoms with Crippen molar-refractivity contribution in [2.24, 2.45) is 0 Å². The highest BCUT2D eigenvalue weighted by Gasteiger charge is 2.56. The summed E-state index contributed by atoms with van der Waals surface area (Å²) in [6.07, 6.45) is 6.71. The summed E-state index contributed by atoms with van der Waals surface area (Å²) in [5.74, 6) is -3.75. The first kappa shape index (κ1) is 35.0. The van der Waals surface area contributed by atoms with E-state index >= 15 is 8.78 Å². The third kappa shape index (κ3) is 6.13. The fourth-order valence-corrected chi connectivity index (χ4v) is 9.53. The van der Waals surface area contributed by atoms with Crippen LogP contribution in [0.25, 0.3) is 0 Å². The predicted molar refractivity (Wildman–Crippen MR) is 196 cm³/mol. The molecule has 2 atom stereocenters. The van der Waals surface area contributed by atoms with Crippen molar-refractivity contribution in [1.29, 1.82) is 0 Å². The standard InChI is InChI=1S/C42H38Cl2F2N2O4/c1-47-19-13-25-21-33(45)35(23-27(25)39(47)41(15-16-41)29-7-3-5-9-31(29)43)51-37(49)11-12-38(50)52-36-24-28-26(22-34(36)46)14-20-48(2)40(28)42(17-18-42)30-8-4-6-10-32(30)44/h3-12,21-24,39-40H,13-20H2,1-2H3/b12-11-. The van der Waals surface area contributed by atoms with Gasteiger partial charge in [0.25, 0.3) is 0 Å². The molecule has 6 nitrogen and oxygen atoms in total. The lowest BCUT2D eigenvalue weighted by molar-refractivity contribution is -0.131. The van der Waals surface area contributed by atoms with E-state index in [1.54, 1.807) is 12.1 Å². The minimum atomic E-state index is -0.966. The van der Waals surface area contributed by atoms with Gasteiger partial charge in [-0.25, -0.2) is 18.4 Å². The van der Waals surface area contributed by atoms with Crippen LogP contribution in [0.15, 0.2) is 84.9 Å². The molecule has 10 heteroatoms. The second kappa shape index (κ2) is 13.4. The van der Waals surface area contributed by atoms with Gasteiger partial charge in [-0.15, -0.1) is 0 Å². The lowest BCUT2D eigenvalue weighted by Gasteiger charge is -2.41. The van der Waals surface area contributed by atoms with Gasteiger partial charge in [-0.05, 0) is 122 Å². The number of halogens is 4. The minimum absolute atomic E-state index is 0.0925. The number of nitrogens with zero attached hydrogens (tertiary/aromatic N) is 2. The molecule has 0 radical (unpaired) electrons. The van der Waals surface area contributed by atoms with Crippen LogP contribution in [0.3, 0.4) is 0 Å². The van der Waals surface area contributed by atoms with E-state index in [9.17, 15) is 9.59 Å². The molecule has 4 aromatic rings. The van der Waals surface area contributed by atoms with Crippen LogP contribution in [0, 0.1) is 11.6 Å². The Morgan fingerprint density at radius 3 is 1.42 bits per heavy atom. The number of likely N-dealkylation sites (N-methyl/N-ethyl adjacent to an activating group) is 2. The predicted octanol–water partition coefficient (Wildman–Crippen LogP) is 8.86. The maximum absolute atomic E-state index is 15.3. The van der Waals surface area contributed by atoms with Crippen molar-refractivity contribution in [3.63, 3.8) is 0 Å². The molecule has 0 saturated heterocycles. The van der Waals surface area contributed by atoms with Gasteiger partial charge in [0, 0.05) is 58.2 Å². The fourth-order valence-electron chi connectivity index (χ4n) is 8.89. The molecule has 0 aromatic heterocycles. The summed E-state index contributed by atoms with van der Waals surface area (Å²) < 4.78 is 41.5. The molecule has 0 spiro atoms. The smallest absolute Gasteiger partial charge is 0.336 e. The van der Waals surface area contributed by atoms with Gasteiger partial charge in [-0.2, -0.15) is 0 Å². The maximum atomic E-state index is 15.3. The number of benzene rings is 4. The minimum Gasteiger partial charge on any atom is -0.420 e. The summed E-state index contributed by atoms with van der Waals surface area (Å²) in [4.78, 5) is 30.4. The molecule has 2 aliphatic carbocycles. The van der Waals surface area contributed by atoms with E-state index in [1.807, 2.05) is 62.6 Å². The Hall–Kier alpha value is -4.08. The highest BCUT2D eigenvalue weighted by molar-refractivity contribution is 6.31. The third-order valence-electron chi connectivity index (χ3n) is 11.5. The van der Waals surface area contributed by atoms with Crippen LogP contribution in [0.4, 0.5) is 8.78 Å². The van der Waals surface area contributed by atoms with Crippen molar-refractivity contribution in [3.8, 4) is 11.5 Å². The van der Waals surface area contributed by atoms with E-state index in [0.717, 1.165) is 84.3 Å². The van der Waals surface area contributed by atoms with Crippen LogP contribution in [0.1, 0.15) is 71.1 Å². The summed E-state index contributed by atoms with van der Waals surface area (Å²) in [7, 11) is 4.08. The first-order valence-electron chi connectivity index (χ1n) is 17.7. The quantitative estimate of drug-likeness (QED) is 0.102. The van der Waals surface area contributed by atoms with Crippen molar-refractivity contribution >= 4 is 35.1 Å². The Morgan fingerprint density at radius 1 is 0.673 bits per heavy atom. The second-order valence-corrected chi connectivity index (χ2v) is 15.5. The molecule has 52 heavy (non-hydrogen) atoms. The fraction of sp³-hybridized carbons (Fsp3) is 0.333. The zero-order chi connectivity index (χ0) is 36.4. The Bertz CT molecular complexity index is 1980. The van der Waals surface area contributed by atoms with E-state index in [2.05, 4.69) is 9.80 Å². The highest BCUT2D eigenvalue weighted by Crippen LogP contribution is 2.62. The molecular formula is C42H38Cl2F2N2O4. The normalized spacial score (nSPS) is 21.7. The second-order valence-electron chi connectivity index (χ2n) is 14.7. The van der Waals surface area contributed by atoms with Gasteiger partial charge < -0.3 is 9.47 Å². The molecule has 2 saturated carbocycles. The van der Waals surface area contributed by atoms with Crippen molar-refractivity contribution < 1.29 is 27.8 Å². The Balaban J connectivity index is 1.00. The summed E-state index contributed by atoms with van der Waals surface area (Å²) in [5, 5.41) is 1.38. The van der Waals surface area contributed by atoms with Crippen molar-refractivity contribution in [1.82, 2.24) is 9.80 Å². The summed E-state index contributed by atoms with van der Waals surface area (Å²) >= 11 is 13.3. The third-order valence-corrected chi connectivity index (χ3v) is 12.2. The summed E-state index contributed by atoms with van der Waals surface area (Å²) in [6.45, 7) is 1.50. The molecule has 0 amide bonds. The molecule has 2 aliphatic heterocycles. The first-order valence-corrected chi connectivity index (χ1v) is 18.4. The zero-order valence-electron chi connectivity index (χ0n) is 28.9. The molecule has 2 heterocycles. The van der Waals surface area contributed by atoms with Crippen molar-refractivity contribution in [2.75, 3.05) is 27.2 Å². The van der Waals surface area contributed by atoms with Gasteiger partial charge in [-0.3, -0.25) is 9.80 Å². The number of ether oxygens (including phenoxy) is 2. The molecule has 0 N–H and O–H groups in total. The number of hydrogen-bond acceptors (Lipinski definition) is 6. The van der Waals surface area contributed by atoms with Crippen LogP contribution < -0.4 is 9.47 Å². The average molecular weight is 744 g/mol. The van der Waals surface area contributed by atoms with E-state index in [0.29, 0.717) is 22.9 Å². The number of esters is 2. The summed E-state index contributed by atoms with van der Waals surface area (Å²) in [5.41, 5.74) is 5.12. The Labute approximate surface area is 311 Å². The van der Waals surface area contributed by atoms with Gasteiger partial charge in [0.15, 0.2) is 23.1 Å². The molecule has 4 aromatic carbocycles. The van der Waals surface area contributed by atoms with Gasteiger partial charge in [0.2, 0.25) is 0 Å². The van der Waals surface area contributed by atoms with Crippen LogP contribution in [0.5, 0.6) is 11.5 Å². The average Bonchev–Trinajstić information content (AvgIpc) is 4.06. The largest absolute Gasteiger partial charge is 0.420 e. The van der Waals surface area contributed by atoms with Crippen molar-refractivity contribution in [2.45, 2.75) is 61.4 Å². The summed E-state index contributed by atoms with van der Waals surface area (Å²) in [6, 6.07) is 21.5. The molecule has 0 bridgehead atoms. The lowest BCUT2D eigenvalue weighted by atomic mass is 9.78. The Kier molecular flexibility index (Phi) is 9.01. The van der Waals surface area contributed by atoms with Gasteiger partial charge in [-0.1, -0.05) is 59.6 Å². The van der Waals surface area contributed by atoms with Crippen LogP contribution in [0.2, 0.25) is 10.0 Å². The number of carbonyl (C=O) groups excluding carboxylic acids is 2. The molecule has 268 valence electrons. The van der Waals surface area contributed by atoms with Crippen LogP contribution >= 0.6 is 23.2 Å². The van der Waals surface area contributed by atoms with Crippen LogP contribution in [-0.2, 0) is 33.3 Å². The van der Waals surface area contributed by atoms with E-state index in [-0.39, 0.29) is 34.4 Å². The molecule has 4 aliphatic rings. The molecule has 2 fully saturated rings. The Morgan fingerprint density at radius 2 is 1.06 bits per heavy atom. The van der Waals surface area contributed by atoms with E-state index in [4.69, 9.17) is 32.7 Å². The number of rotatable bonds is 8. The topological polar surface area (TPSA) is 59.1 Å². The highest BCUT2D eigenvalue weighted by atomic mass is 35.5. The lowest BCUT2D eigenvalue weighted by Crippen LogP contribution is -2.39. The van der Waals surface area contributed by atoms with Gasteiger partial charge in [0.05, 0.1) is 0 Å². The number of fused-ring (bicyclic) bond motifs is 2.